The van der Waals surface area contributed by atoms with Crippen LogP contribution < -0.4 is 15.4 Å². The summed E-state index contributed by atoms with van der Waals surface area (Å²) in [6, 6.07) is 8.78. The summed E-state index contributed by atoms with van der Waals surface area (Å²) in [5.74, 6) is 0.0340. The van der Waals surface area contributed by atoms with Crippen molar-refractivity contribution in [3.05, 3.63) is 61.6 Å². The SMILES string of the molecule is CCOc1ccc(C(=O)NC(=S)Nc2ccc([N+](=O)[O-])cc2Br)cc1Cl. The Morgan fingerprint density at radius 2 is 2.08 bits per heavy atom. The molecule has 0 atom stereocenters. The van der Waals surface area contributed by atoms with Crippen LogP contribution in [-0.2, 0) is 0 Å². The number of anilines is 1. The Kier molecular flexibility index (Phi) is 6.90. The van der Waals surface area contributed by atoms with E-state index >= 15 is 0 Å². The number of non-ortho nitro benzene ring substituents is 1. The summed E-state index contributed by atoms with van der Waals surface area (Å²) >= 11 is 14.4. The molecule has 2 rings (SSSR count). The molecule has 1 amide bonds. The molecule has 0 aliphatic rings. The van der Waals surface area contributed by atoms with Crippen LogP contribution in [0.4, 0.5) is 11.4 Å². The van der Waals surface area contributed by atoms with E-state index in [0.29, 0.717) is 33.1 Å². The van der Waals surface area contributed by atoms with Crippen LogP contribution in [0.3, 0.4) is 0 Å². The first-order valence-electron chi connectivity index (χ1n) is 7.30. The van der Waals surface area contributed by atoms with E-state index in [9.17, 15) is 14.9 Å². The van der Waals surface area contributed by atoms with E-state index in [2.05, 4.69) is 26.6 Å². The summed E-state index contributed by atoms with van der Waals surface area (Å²) in [5, 5.41) is 16.4. The number of thiocarbonyl (C=S) groups is 1. The Bertz CT molecular complexity index is 879. The van der Waals surface area contributed by atoms with Gasteiger partial charge in [0.1, 0.15) is 5.75 Å². The highest BCUT2D eigenvalue weighted by Crippen LogP contribution is 2.27. The van der Waals surface area contributed by atoms with Crippen LogP contribution in [-0.4, -0.2) is 22.5 Å². The molecule has 0 fully saturated rings. The number of carbonyl (C=O) groups excluding carboxylic acids is 1. The van der Waals surface area contributed by atoms with Crippen molar-refractivity contribution in [3.63, 3.8) is 0 Å². The molecule has 0 unspecified atom stereocenters. The van der Waals surface area contributed by atoms with Crippen molar-refractivity contribution in [2.75, 3.05) is 11.9 Å². The third-order valence-electron chi connectivity index (χ3n) is 3.13. The zero-order chi connectivity index (χ0) is 19.3. The fourth-order valence-electron chi connectivity index (χ4n) is 1.96. The lowest BCUT2D eigenvalue weighted by Crippen LogP contribution is -2.34. The van der Waals surface area contributed by atoms with Crippen molar-refractivity contribution in [3.8, 4) is 5.75 Å². The zero-order valence-electron chi connectivity index (χ0n) is 13.4. The maximum absolute atomic E-state index is 12.3. The van der Waals surface area contributed by atoms with Crippen molar-refractivity contribution < 1.29 is 14.5 Å². The highest BCUT2D eigenvalue weighted by molar-refractivity contribution is 9.10. The molecule has 136 valence electrons. The van der Waals surface area contributed by atoms with Gasteiger partial charge in [0.15, 0.2) is 5.11 Å². The van der Waals surface area contributed by atoms with E-state index in [1.54, 1.807) is 12.1 Å². The number of hydrogen-bond donors (Lipinski definition) is 2. The number of nitrogens with zero attached hydrogens (tertiary/aromatic N) is 1. The lowest BCUT2D eigenvalue weighted by Gasteiger charge is -2.12. The van der Waals surface area contributed by atoms with Gasteiger partial charge in [-0.2, -0.15) is 0 Å². The van der Waals surface area contributed by atoms with Gasteiger partial charge in [-0.25, -0.2) is 0 Å². The Morgan fingerprint density at radius 3 is 2.65 bits per heavy atom. The first-order chi connectivity index (χ1) is 12.3. The molecule has 0 spiro atoms. The second kappa shape index (κ2) is 8.93. The molecular formula is C16H13BrClN3O4S. The minimum atomic E-state index is -0.510. The Labute approximate surface area is 168 Å². The van der Waals surface area contributed by atoms with E-state index in [1.807, 2.05) is 6.92 Å². The van der Waals surface area contributed by atoms with Gasteiger partial charge in [0.05, 0.1) is 22.2 Å². The largest absolute Gasteiger partial charge is 0.492 e. The second-order valence-electron chi connectivity index (χ2n) is 4.91. The lowest BCUT2D eigenvalue weighted by molar-refractivity contribution is -0.384. The van der Waals surface area contributed by atoms with Gasteiger partial charge in [0.25, 0.3) is 11.6 Å². The standard InChI is InChI=1S/C16H13BrClN3O4S/c1-2-25-14-6-3-9(7-12(14)18)15(22)20-16(26)19-13-5-4-10(21(23)24)8-11(13)17/h3-8H,2H2,1H3,(H2,19,20,22,26). The second-order valence-corrected chi connectivity index (χ2v) is 6.58. The van der Waals surface area contributed by atoms with Crippen molar-refractivity contribution in [2.45, 2.75) is 6.92 Å². The fraction of sp³-hybridized carbons (Fsp3) is 0.125. The molecule has 2 aromatic carbocycles. The molecule has 0 bridgehead atoms. The van der Waals surface area contributed by atoms with Gasteiger partial charge in [-0.15, -0.1) is 0 Å². The van der Waals surface area contributed by atoms with Crippen LogP contribution in [0.5, 0.6) is 5.75 Å². The van der Waals surface area contributed by atoms with Gasteiger partial charge in [-0.05, 0) is 59.3 Å². The van der Waals surface area contributed by atoms with Crippen molar-refractivity contribution in [2.24, 2.45) is 0 Å². The smallest absolute Gasteiger partial charge is 0.270 e. The monoisotopic (exact) mass is 457 g/mol. The van der Waals surface area contributed by atoms with Gasteiger partial charge in [0.2, 0.25) is 0 Å². The molecule has 0 heterocycles. The summed E-state index contributed by atoms with van der Waals surface area (Å²) in [5.41, 5.74) is 0.720. The number of benzene rings is 2. The molecule has 7 nitrogen and oxygen atoms in total. The zero-order valence-corrected chi connectivity index (χ0v) is 16.6. The van der Waals surface area contributed by atoms with Crippen LogP contribution in [0.15, 0.2) is 40.9 Å². The van der Waals surface area contributed by atoms with Gasteiger partial charge in [-0.1, -0.05) is 11.6 Å². The molecule has 0 radical (unpaired) electrons. The molecule has 10 heteroatoms. The molecule has 2 aromatic rings. The number of nitro groups is 1. The molecular weight excluding hydrogens is 446 g/mol. The number of hydrogen-bond acceptors (Lipinski definition) is 5. The summed E-state index contributed by atoms with van der Waals surface area (Å²) in [6.07, 6.45) is 0. The van der Waals surface area contributed by atoms with Crippen molar-refractivity contribution >= 4 is 62.1 Å². The van der Waals surface area contributed by atoms with Crippen LogP contribution in [0.25, 0.3) is 0 Å². The number of nitrogens with one attached hydrogen (secondary N) is 2. The first-order valence-corrected chi connectivity index (χ1v) is 8.88. The average Bonchev–Trinajstić information content (AvgIpc) is 2.58. The van der Waals surface area contributed by atoms with E-state index in [4.69, 9.17) is 28.6 Å². The molecule has 0 saturated heterocycles. The van der Waals surface area contributed by atoms with E-state index in [-0.39, 0.29) is 10.8 Å². The van der Waals surface area contributed by atoms with Crippen LogP contribution in [0.2, 0.25) is 5.02 Å². The normalized spacial score (nSPS) is 10.1. The summed E-state index contributed by atoms with van der Waals surface area (Å²) < 4.78 is 5.75. The van der Waals surface area contributed by atoms with Gasteiger partial charge < -0.3 is 10.1 Å². The third-order valence-corrected chi connectivity index (χ3v) is 4.29. The third kappa shape index (κ3) is 5.13. The minimum Gasteiger partial charge on any atom is -0.492 e. The maximum Gasteiger partial charge on any atom is 0.270 e. The van der Waals surface area contributed by atoms with Crippen LogP contribution in [0.1, 0.15) is 17.3 Å². The van der Waals surface area contributed by atoms with Gasteiger partial charge >= 0.3 is 0 Å². The molecule has 0 saturated carbocycles. The molecule has 0 aliphatic carbocycles. The summed E-state index contributed by atoms with van der Waals surface area (Å²) in [4.78, 5) is 22.5. The lowest BCUT2D eigenvalue weighted by atomic mass is 10.2. The number of rotatable bonds is 5. The molecule has 0 aliphatic heterocycles. The number of carbonyl (C=O) groups is 1. The number of ether oxygens (including phenoxy) is 1. The van der Waals surface area contributed by atoms with E-state index < -0.39 is 10.8 Å². The minimum absolute atomic E-state index is 0.0366. The van der Waals surface area contributed by atoms with Gasteiger partial charge in [0, 0.05) is 22.2 Å². The number of amides is 1. The Balaban J connectivity index is 2.04. The van der Waals surface area contributed by atoms with Gasteiger partial charge in [-0.3, -0.25) is 20.2 Å². The fourth-order valence-corrected chi connectivity index (χ4v) is 2.87. The molecule has 26 heavy (non-hydrogen) atoms. The van der Waals surface area contributed by atoms with E-state index in [1.165, 1.54) is 24.3 Å². The predicted molar refractivity (Wildman–Crippen MR) is 107 cm³/mol. The summed E-state index contributed by atoms with van der Waals surface area (Å²) in [7, 11) is 0. The topological polar surface area (TPSA) is 93.5 Å². The number of halogens is 2. The molecule has 2 N–H and O–H groups in total. The highest BCUT2D eigenvalue weighted by atomic mass is 79.9. The highest BCUT2D eigenvalue weighted by Gasteiger charge is 2.13. The van der Waals surface area contributed by atoms with Crippen LogP contribution in [0, 0.1) is 10.1 Å². The quantitative estimate of drug-likeness (QED) is 0.388. The molecule has 0 aromatic heterocycles. The Hall–Kier alpha value is -2.23. The van der Waals surface area contributed by atoms with Crippen molar-refractivity contribution in [1.82, 2.24) is 5.32 Å². The van der Waals surface area contributed by atoms with Crippen LogP contribution >= 0.6 is 39.7 Å². The van der Waals surface area contributed by atoms with E-state index in [0.717, 1.165) is 0 Å². The first kappa shape index (κ1) is 20.1. The predicted octanol–water partition coefficient (Wildman–Crippen LogP) is 4.54. The Morgan fingerprint density at radius 1 is 1.35 bits per heavy atom. The summed E-state index contributed by atoms with van der Waals surface area (Å²) in [6.45, 7) is 2.29. The average molecular weight is 459 g/mol. The number of nitro benzene ring substituents is 1. The van der Waals surface area contributed by atoms with Crippen molar-refractivity contribution in [1.29, 1.82) is 0 Å². The maximum atomic E-state index is 12.3.